The topological polar surface area (TPSA) is 98.3 Å². The fraction of sp³-hybridized carbons (Fsp3) is 0.750. The summed E-state index contributed by atoms with van der Waals surface area (Å²) in [6, 6.07) is 0. The molecule has 0 bridgehead atoms. The molecule has 0 aliphatic carbocycles. The van der Waals surface area contributed by atoms with Crippen LogP contribution in [-0.2, 0) is 11.3 Å². The molecule has 1 amide bonds. The van der Waals surface area contributed by atoms with E-state index in [2.05, 4.69) is 22.1 Å². The maximum Gasteiger partial charge on any atom is 0.287 e. The van der Waals surface area contributed by atoms with Gasteiger partial charge in [-0.3, -0.25) is 19.8 Å². The molecule has 20 heavy (non-hydrogen) atoms. The first-order valence-electron chi connectivity index (χ1n) is 6.80. The number of piperidine rings is 1. The normalized spacial score (nSPS) is 23.8. The molecule has 112 valence electrons. The number of nitrogens with one attached hydrogen (secondary N) is 1. The first kappa shape index (κ1) is 14.9. The number of nitrogen functional groups attached to an aromatic ring is 1. The number of methoxy groups -OCH3 is 1. The lowest BCUT2D eigenvalue weighted by Gasteiger charge is -2.36. The van der Waals surface area contributed by atoms with Crippen molar-refractivity contribution in [2.75, 3.05) is 26.7 Å². The van der Waals surface area contributed by atoms with Crippen molar-refractivity contribution in [2.24, 2.45) is 11.8 Å². The third kappa shape index (κ3) is 3.53. The van der Waals surface area contributed by atoms with Crippen LogP contribution in [0.4, 0.5) is 0 Å². The molecular weight excluding hydrogens is 260 g/mol. The summed E-state index contributed by atoms with van der Waals surface area (Å²) in [6.45, 7) is 5.77. The number of ether oxygens (including phenoxy) is 1. The van der Waals surface area contributed by atoms with E-state index < -0.39 is 5.91 Å². The average molecular weight is 282 g/mol. The highest BCUT2D eigenvalue weighted by Crippen LogP contribution is 2.19. The van der Waals surface area contributed by atoms with Gasteiger partial charge in [0.05, 0.1) is 18.8 Å². The van der Waals surface area contributed by atoms with Crippen molar-refractivity contribution in [1.29, 1.82) is 0 Å². The van der Waals surface area contributed by atoms with Gasteiger partial charge in [-0.25, -0.2) is 5.84 Å². The first-order chi connectivity index (χ1) is 9.63. The summed E-state index contributed by atoms with van der Waals surface area (Å²) in [7, 11) is 1.76. The number of hydrogen-bond donors (Lipinski definition) is 2. The number of aromatic nitrogens is 3. The maximum atomic E-state index is 11.3. The van der Waals surface area contributed by atoms with E-state index in [0.717, 1.165) is 26.1 Å². The van der Waals surface area contributed by atoms with Crippen LogP contribution in [0.15, 0.2) is 6.20 Å². The Balaban J connectivity index is 1.83. The van der Waals surface area contributed by atoms with Crippen LogP contribution in [0.2, 0.25) is 0 Å². The number of carbonyl (C=O) groups is 1. The fourth-order valence-electron chi connectivity index (χ4n) is 2.44. The van der Waals surface area contributed by atoms with Gasteiger partial charge < -0.3 is 4.74 Å². The van der Waals surface area contributed by atoms with Crippen LogP contribution in [0, 0.1) is 5.92 Å². The third-order valence-electron chi connectivity index (χ3n) is 3.82. The minimum Gasteiger partial charge on any atom is -0.380 e. The Morgan fingerprint density at radius 1 is 1.60 bits per heavy atom. The summed E-state index contributed by atoms with van der Waals surface area (Å²) in [5.74, 6) is 5.22. The highest BCUT2D eigenvalue weighted by Gasteiger charge is 2.25. The Morgan fingerprint density at radius 2 is 2.40 bits per heavy atom. The maximum absolute atomic E-state index is 11.3. The largest absolute Gasteiger partial charge is 0.380 e. The molecule has 2 atom stereocenters. The molecule has 1 aliphatic rings. The van der Waals surface area contributed by atoms with Gasteiger partial charge in [-0.05, 0) is 18.9 Å². The van der Waals surface area contributed by atoms with Gasteiger partial charge in [0.1, 0.15) is 0 Å². The Hall–Kier alpha value is -1.51. The molecule has 1 saturated heterocycles. The zero-order valence-corrected chi connectivity index (χ0v) is 12.0. The van der Waals surface area contributed by atoms with Crippen molar-refractivity contribution < 1.29 is 9.53 Å². The standard InChI is InChI=1S/C12H22N6O2/c1-9-3-4-17(8-11(9)20-2)5-6-18-7-10(15-16-18)12(19)14-13/h7,9,11H,3-6,8,13H2,1-2H3,(H,14,19). The van der Waals surface area contributed by atoms with Crippen LogP contribution in [0.1, 0.15) is 23.8 Å². The van der Waals surface area contributed by atoms with E-state index in [0.29, 0.717) is 12.5 Å². The first-order valence-corrected chi connectivity index (χ1v) is 6.80. The molecular formula is C12H22N6O2. The summed E-state index contributed by atoms with van der Waals surface area (Å²) in [5, 5.41) is 7.69. The number of amides is 1. The van der Waals surface area contributed by atoms with E-state index in [1.807, 2.05) is 5.43 Å². The van der Waals surface area contributed by atoms with Gasteiger partial charge in [0, 0.05) is 20.2 Å². The number of nitrogens with two attached hydrogens (primary N) is 1. The molecule has 0 aromatic carbocycles. The minimum absolute atomic E-state index is 0.231. The van der Waals surface area contributed by atoms with Gasteiger partial charge in [-0.2, -0.15) is 0 Å². The molecule has 3 N–H and O–H groups in total. The van der Waals surface area contributed by atoms with Crippen LogP contribution in [0.3, 0.4) is 0 Å². The lowest BCUT2D eigenvalue weighted by molar-refractivity contribution is -0.00598. The molecule has 8 nitrogen and oxygen atoms in total. The average Bonchev–Trinajstić information content (AvgIpc) is 2.94. The number of rotatable bonds is 5. The number of hydrogen-bond acceptors (Lipinski definition) is 6. The molecule has 2 unspecified atom stereocenters. The van der Waals surface area contributed by atoms with E-state index in [9.17, 15) is 4.79 Å². The molecule has 2 heterocycles. The predicted octanol–water partition coefficient (Wildman–Crippen LogP) is -0.762. The van der Waals surface area contributed by atoms with E-state index in [-0.39, 0.29) is 11.8 Å². The van der Waals surface area contributed by atoms with Gasteiger partial charge >= 0.3 is 0 Å². The van der Waals surface area contributed by atoms with Crippen molar-refractivity contribution in [1.82, 2.24) is 25.3 Å². The predicted molar refractivity (Wildman–Crippen MR) is 72.7 cm³/mol. The van der Waals surface area contributed by atoms with Gasteiger partial charge in [-0.1, -0.05) is 12.1 Å². The zero-order chi connectivity index (χ0) is 14.5. The van der Waals surface area contributed by atoms with Crippen molar-refractivity contribution >= 4 is 5.91 Å². The highest BCUT2D eigenvalue weighted by molar-refractivity contribution is 5.91. The molecule has 1 aromatic heterocycles. The second-order valence-corrected chi connectivity index (χ2v) is 5.18. The summed E-state index contributed by atoms with van der Waals surface area (Å²) >= 11 is 0. The van der Waals surface area contributed by atoms with Crippen LogP contribution < -0.4 is 11.3 Å². The minimum atomic E-state index is -0.428. The van der Waals surface area contributed by atoms with Crippen molar-refractivity contribution in [3.63, 3.8) is 0 Å². The van der Waals surface area contributed by atoms with Crippen LogP contribution in [0.25, 0.3) is 0 Å². The molecule has 0 saturated carbocycles. The second-order valence-electron chi connectivity index (χ2n) is 5.18. The van der Waals surface area contributed by atoms with Crippen molar-refractivity contribution in [3.8, 4) is 0 Å². The Bertz CT molecular complexity index is 449. The lowest BCUT2D eigenvalue weighted by Crippen LogP contribution is -2.44. The van der Waals surface area contributed by atoms with Gasteiger partial charge in [0.15, 0.2) is 5.69 Å². The molecule has 0 spiro atoms. The number of carbonyl (C=O) groups excluding carboxylic acids is 1. The quantitative estimate of drug-likeness (QED) is 0.418. The van der Waals surface area contributed by atoms with Crippen LogP contribution in [-0.4, -0.2) is 58.6 Å². The van der Waals surface area contributed by atoms with Gasteiger partial charge in [0.2, 0.25) is 0 Å². The van der Waals surface area contributed by atoms with E-state index >= 15 is 0 Å². The molecule has 1 fully saturated rings. The van der Waals surface area contributed by atoms with Crippen LogP contribution in [0.5, 0.6) is 0 Å². The van der Waals surface area contributed by atoms with E-state index in [1.54, 1.807) is 18.0 Å². The van der Waals surface area contributed by atoms with E-state index in [4.69, 9.17) is 10.6 Å². The lowest BCUT2D eigenvalue weighted by atomic mass is 9.96. The molecule has 1 aromatic rings. The molecule has 2 rings (SSSR count). The Kier molecular flexibility index (Phi) is 5.05. The zero-order valence-electron chi connectivity index (χ0n) is 12.0. The van der Waals surface area contributed by atoms with Crippen molar-refractivity contribution in [3.05, 3.63) is 11.9 Å². The second kappa shape index (κ2) is 6.78. The van der Waals surface area contributed by atoms with Crippen molar-refractivity contribution in [2.45, 2.75) is 26.0 Å². The van der Waals surface area contributed by atoms with Crippen LogP contribution >= 0.6 is 0 Å². The fourth-order valence-corrected chi connectivity index (χ4v) is 2.44. The van der Waals surface area contributed by atoms with Gasteiger partial charge in [0.25, 0.3) is 5.91 Å². The summed E-state index contributed by atoms with van der Waals surface area (Å²) in [4.78, 5) is 13.6. The molecule has 8 heteroatoms. The van der Waals surface area contributed by atoms with E-state index in [1.165, 1.54) is 0 Å². The monoisotopic (exact) mass is 282 g/mol. The third-order valence-corrected chi connectivity index (χ3v) is 3.82. The Morgan fingerprint density at radius 3 is 3.10 bits per heavy atom. The summed E-state index contributed by atoms with van der Waals surface area (Å²) in [5.41, 5.74) is 2.27. The number of likely N-dealkylation sites (tertiary alicyclic amines) is 1. The molecule has 0 radical (unpaired) electrons. The number of hydrazine groups is 1. The Labute approximate surface area is 118 Å². The summed E-state index contributed by atoms with van der Waals surface area (Å²) < 4.78 is 7.15. The molecule has 1 aliphatic heterocycles. The highest BCUT2D eigenvalue weighted by atomic mass is 16.5. The SMILES string of the molecule is COC1CN(CCn2cc(C(=O)NN)nn2)CCC1C. The van der Waals surface area contributed by atoms with Gasteiger partial charge in [-0.15, -0.1) is 5.10 Å². The summed E-state index contributed by atoms with van der Waals surface area (Å²) in [6.07, 6.45) is 3.03. The number of nitrogens with zero attached hydrogens (tertiary/aromatic N) is 4. The smallest absolute Gasteiger partial charge is 0.287 e.